The SMILES string of the molecule is COCCN1C(=O)C[C@@H](C(=O)N(CCc2cccc(Cl)c2)CC(=O)O)[C@@H]1c1ccccc1Cl. The Labute approximate surface area is 202 Å². The highest BCUT2D eigenvalue weighted by molar-refractivity contribution is 6.31. The van der Waals surface area contributed by atoms with E-state index in [1.165, 1.54) is 12.0 Å². The minimum absolute atomic E-state index is 0.0221. The molecule has 0 saturated carbocycles. The highest BCUT2D eigenvalue weighted by Crippen LogP contribution is 2.41. The van der Waals surface area contributed by atoms with Crippen LogP contribution in [0.5, 0.6) is 0 Å². The molecule has 1 N–H and O–H groups in total. The number of benzene rings is 2. The fourth-order valence-electron chi connectivity index (χ4n) is 4.19. The van der Waals surface area contributed by atoms with Crippen LogP contribution in [0.4, 0.5) is 0 Å². The van der Waals surface area contributed by atoms with Crippen LogP contribution in [0.2, 0.25) is 10.0 Å². The van der Waals surface area contributed by atoms with E-state index in [4.69, 9.17) is 27.9 Å². The van der Waals surface area contributed by atoms with Gasteiger partial charge in [-0.25, -0.2) is 0 Å². The first-order chi connectivity index (χ1) is 15.8. The van der Waals surface area contributed by atoms with Crippen molar-refractivity contribution in [3.05, 3.63) is 69.7 Å². The summed E-state index contributed by atoms with van der Waals surface area (Å²) in [6.07, 6.45) is 0.413. The topological polar surface area (TPSA) is 87.2 Å². The second-order valence-electron chi connectivity index (χ2n) is 7.89. The van der Waals surface area contributed by atoms with Crippen molar-refractivity contribution in [2.45, 2.75) is 18.9 Å². The van der Waals surface area contributed by atoms with Gasteiger partial charge in [-0.2, -0.15) is 0 Å². The largest absolute Gasteiger partial charge is 0.480 e. The van der Waals surface area contributed by atoms with Gasteiger partial charge in [-0.1, -0.05) is 53.5 Å². The Morgan fingerprint density at radius 2 is 1.94 bits per heavy atom. The fraction of sp³-hybridized carbons (Fsp3) is 0.375. The molecule has 2 aromatic rings. The molecule has 1 aliphatic rings. The minimum Gasteiger partial charge on any atom is -0.480 e. The van der Waals surface area contributed by atoms with Crippen LogP contribution in [-0.4, -0.2) is 66.0 Å². The number of hydrogen-bond donors (Lipinski definition) is 1. The van der Waals surface area contributed by atoms with Gasteiger partial charge in [-0.15, -0.1) is 0 Å². The first kappa shape index (κ1) is 25.0. The number of ether oxygens (including phenoxy) is 1. The maximum absolute atomic E-state index is 13.6. The summed E-state index contributed by atoms with van der Waals surface area (Å²) in [5, 5.41) is 10.4. The van der Waals surface area contributed by atoms with E-state index < -0.39 is 30.4 Å². The number of carboxylic acids is 1. The van der Waals surface area contributed by atoms with Crippen molar-refractivity contribution in [3.63, 3.8) is 0 Å². The van der Waals surface area contributed by atoms with E-state index in [2.05, 4.69) is 0 Å². The first-order valence-electron chi connectivity index (χ1n) is 10.6. The summed E-state index contributed by atoms with van der Waals surface area (Å²) in [4.78, 5) is 40.9. The average Bonchev–Trinajstić information content (AvgIpc) is 3.10. The number of carboxylic acid groups (broad SMARTS) is 1. The number of methoxy groups -OCH3 is 1. The predicted octanol–water partition coefficient (Wildman–Crippen LogP) is 3.69. The molecule has 7 nitrogen and oxygen atoms in total. The van der Waals surface area contributed by atoms with Gasteiger partial charge in [-0.05, 0) is 35.7 Å². The quantitative estimate of drug-likeness (QED) is 0.546. The van der Waals surface area contributed by atoms with Crippen LogP contribution in [0.25, 0.3) is 0 Å². The molecule has 1 fully saturated rings. The van der Waals surface area contributed by atoms with Crippen molar-refractivity contribution >= 4 is 41.0 Å². The van der Waals surface area contributed by atoms with Gasteiger partial charge < -0.3 is 19.6 Å². The van der Waals surface area contributed by atoms with Gasteiger partial charge in [-0.3, -0.25) is 14.4 Å². The average molecular weight is 493 g/mol. The van der Waals surface area contributed by atoms with Crippen molar-refractivity contribution in [2.24, 2.45) is 5.92 Å². The van der Waals surface area contributed by atoms with Crippen LogP contribution >= 0.6 is 23.2 Å². The van der Waals surface area contributed by atoms with Gasteiger partial charge in [0.05, 0.1) is 18.6 Å². The molecule has 0 bridgehead atoms. The van der Waals surface area contributed by atoms with Gasteiger partial charge in [0.2, 0.25) is 11.8 Å². The highest BCUT2D eigenvalue weighted by atomic mass is 35.5. The molecule has 0 aliphatic carbocycles. The fourth-order valence-corrected chi connectivity index (χ4v) is 4.65. The minimum atomic E-state index is -1.12. The molecule has 3 rings (SSSR count). The third-order valence-electron chi connectivity index (χ3n) is 5.71. The van der Waals surface area contributed by atoms with Gasteiger partial charge >= 0.3 is 5.97 Å². The van der Waals surface area contributed by atoms with Crippen molar-refractivity contribution in [3.8, 4) is 0 Å². The molecule has 0 unspecified atom stereocenters. The monoisotopic (exact) mass is 492 g/mol. The maximum Gasteiger partial charge on any atom is 0.323 e. The molecule has 1 aliphatic heterocycles. The second-order valence-corrected chi connectivity index (χ2v) is 8.73. The number of rotatable bonds is 10. The Hall–Kier alpha value is -2.61. The Kier molecular flexibility index (Phi) is 8.72. The summed E-state index contributed by atoms with van der Waals surface area (Å²) >= 11 is 12.5. The Morgan fingerprint density at radius 1 is 1.18 bits per heavy atom. The zero-order chi connectivity index (χ0) is 24.0. The number of halogens is 2. The predicted molar refractivity (Wildman–Crippen MR) is 125 cm³/mol. The van der Waals surface area contributed by atoms with E-state index >= 15 is 0 Å². The lowest BCUT2D eigenvalue weighted by Gasteiger charge is -2.31. The molecule has 0 spiro atoms. The summed E-state index contributed by atoms with van der Waals surface area (Å²) in [6, 6.07) is 13.7. The van der Waals surface area contributed by atoms with Crippen LogP contribution in [0.1, 0.15) is 23.6 Å². The van der Waals surface area contributed by atoms with E-state index in [1.807, 2.05) is 6.07 Å². The lowest BCUT2D eigenvalue weighted by atomic mass is 9.92. The van der Waals surface area contributed by atoms with E-state index in [0.717, 1.165) is 5.56 Å². The number of hydrogen-bond acceptors (Lipinski definition) is 4. The highest BCUT2D eigenvalue weighted by Gasteiger charge is 2.46. The zero-order valence-electron chi connectivity index (χ0n) is 18.2. The molecule has 2 atom stereocenters. The maximum atomic E-state index is 13.6. The Bertz CT molecular complexity index is 1020. The summed E-state index contributed by atoms with van der Waals surface area (Å²) in [7, 11) is 1.54. The van der Waals surface area contributed by atoms with E-state index in [9.17, 15) is 19.5 Å². The smallest absolute Gasteiger partial charge is 0.323 e. The zero-order valence-corrected chi connectivity index (χ0v) is 19.8. The molecule has 1 heterocycles. The summed E-state index contributed by atoms with van der Waals surface area (Å²) < 4.78 is 5.15. The molecule has 2 aromatic carbocycles. The van der Waals surface area contributed by atoms with Gasteiger partial charge in [0.15, 0.2) is 0 Å². The van der Waals surface area contributed by atoms with Crippen LogP contribution in [0.15, 0.2) is 48.5 Å². The number of amides is 2. The number of nitrogens with zero attached hydrogens (tertiary/aromatic N) is 2. The van der Waals surface area contributed by atoms with Gasteiger partial charge in [0, 0.05) is 36.7 Å². The second kappa shape index (κ2) is 11.5. The molecular formula is C24H26Cl2N2O5. The number of aliphatic carboxylic acids is 1. The summed E-state index contributed by atoms with van der Waals surface area (Å²) in [5.74, 6) is -2.46. The van der Waals surface area contributed by atoms with Crippen molar-refractivity contribution in [2.75, 3.05) is 33.4 Å². The molecule has 9 heteroatoms. The lowest BCUT2D eigenvalue weighted by Crippen LogP contribution is -2.43. The molecular weight excluding hydrogens is 467 g/mol. The van der Waals surface area contributed by atoms with Crippen LogP contribution in [0.3, 0.4) is 0 Å². The lowest BCUT2D eigenvalue weighted by molar-refractivity contribution is -0.146. The molecule has 0 aromatic heterocycles. The summed E-state index contributed by atoms with van der Waals surface area (Å²) in [6.45, 7) is 0.332. The van der Waals surface area contributed by atoms with Crippen molar-refractivity contribution in [1.82, 2.24) is 9.80 Å². The van der Waals surface area contributed by atoms with Crippen LogP contribution < -0.4 is 0 Å². The van der Waals surface area contributed by atoms with Crippen molar-refractivity contribution in [1.29, 1.82) is 0 Å². The third-order valence-corrected chi connectivity index (χ3v) is 6.29. The van der Waals surface area contributed by atoms with Crippen LogP contribution in [-0.2, 0) is 25.5 Å². The van der Waals surface area contributed by atoms with E-state index in [0.29, 0.717) is 35.2 Å². The van der Waals surface area contributed by atoms with Crippen molar-refractivity contribution < 1.29 is 24.2 Å². The Morgan fingerprint density at radius 3 is 2.61 bits per heavy atom. The molecule has 33 heavy (non-hydrogen) atoms. The Balaban J connectivity index is 1.89. The molecule has 176 valence electrons. The van der Waals surface area contributed by atoms with Crippen LogP contribution in [0, 0.1) is 5.92 Å². The number of likely N-dealkylation sites (tertiary alicyclic amines) is 1. The number of carbonyl (C=O) groups is 3. The molecule has 1 saturated heterocycles. The normalized spacial score (nSPS) is 17.9. The first-order valence-corrected chi connectivity index (χ1v) is 11.3. The molecule has 0 radical (unpaired) electrons. The van der Waals surface area contributed by atoms with Gasteiger partial charge in [0.1, 0.15) is 6.54 Å². The third kappa shape index (κ3) is 6.25. The van der Waals surface area contributed by atoms with E-state index in [-0.39, 0.29) is 18.9 Å². The van der Waals surface area contributed by atoms with Gasteiger partial charge in [0.25, 0.3) is 0 Å². The standard InChI is InChI=1S/C24H26Cl2N2O5/c1-33-12-11-28-21(29)14-19(23(28)18-7-2-3-8-20(18)26)24(32)27(15-22(30)31)10-9-16-5-4-6-17(25)13-16/h2-8,13,19,23H,9-12,14-15H2,1H3,(H,30,31)/t19-,23+/m1/s1. The molecule has 2 amide bonds. The number of carbonyl (C=O) groups excluding carboxylic acids is 2. The van der Waals surface area contributed by atoms with E-state index in [1.54, 1.807) is 47.4 Å². The summed E-state index contributed by atoms with van der Waals surface area (Å²) in [5.41, 5.74) is 1.54.